The maximum absolute atomic E-state index is 11.7. The number of rotatable bonds is 3. The number of halogens is 1. The molecule has 0 aliphatic heterocycles. The quantitative estimate of drug-likeness (QED) is 0.465. The molecule has 4 aromatic rings. The van der Waals surface area contributed by atoms with Crippen LogP contribution in [0.3, 0.4) is 0 Å². The molecule has 0 aliphatic carbocycles. The standard InChI is InChI=1S/C19H14BrN3O3/c1-23-10-13(9-22-23)11-3-4-16-14(7-11)17(20)18(26-16)12-5-6-21-15(8-12)19(24)25-2/h3-10H,1-2H3. The lowest BCUT2D eigenvalue weighted by molar-refractivity contribution is 0.0594. The molecule has 7 heteroatoms. The van der Waals surface area contributed by atoms with Crippen LogP contribution in [0.15, 0.2) is 57.8 Å². The number of carbonyl (C=O) groups is 1. The maximum atomic E-state index is 11.7. The summed E-state index contributed by atoms with van der Waals surface area (Å²) in [5, 5.41) is 5.16. The number of carbonyl (C=O) groups excluding carboxylic acids is 1. The molecule has 0 N–H and O–H groups in total. The lowest BCUT2D eigenvalue weighted by Crippen LogP contribution is -2.03. The summed E-state index contributed by atoms with van der Waals surface area (Å²) in [6.45, 7) is 0. The van der Waals surface area contributed by atoms with E-state index in [-0.39, 0.29) is 5.69 Å². The second-order valence-electron chi connectivity index (χ2n) is 5.78. The summed E-state index contributed by atoms with van der Waals surface area (Å²) in [6, 6.07) is 9.40. The number of hydrogen-bond donors (Lipinski definition) is 0. The van der Waals surface area contributed by atoms with Crippen molar-refractivity contribution in [3.8, 4) is 22.5 Å². The average Bonchev–Trinajstić information content (AvgIpc) is 3.24. The van der Waals surface area contributed by atoms with Crippen molar-refractivity contribution in [2.75, 3.05) is 7.11 Å². The van der Waals surface area contributed by atoms with Crippen LogP contribution < -0.4 is 0 Å². The third-order valence-electron chi connectivity index (χ3n) is 4.08. The molecule has 0 atom stereocenters. The molecule has 0 radical (unpaired) electrons. The SMILES string of the molecule is COC(=O)c1cc(-c2oc3ccc(-c4cnn(C)c4)cc3c2Br)ccn1. The summed E-state index contributed by atoms with van der Waals surface area (Å²) in [5.41, 5.74) is 3.79. The zero-order valence-corrected chi connectivity index (χ0v) is 15.6. The highest BCUT2D eigenvalue weighted by atomic mass is 79.9. The Balaban J connectivity index is 1.82. The van der Waals surface area contributed by atoms with Gasteiger partial charge in [-0.25, -0.2) is 9.78 Å². The van der Waals surface area contributed by atoms with Crippen LogP contribution in [-0.4, -0.2) is 27.8 Å². The first-order valence-electron chi connectivity index (χ1n) is 7.82. The fourth-order valence-corrected chi connectivity index (χ4v) is 3.41. The van der Waals surface area contributed by atoms with Crippen molar-refractivity contribution in [1.82, 2.24) is 14.8 Å². The summed E-state index contributed by atoms with van der Waals surface area (Å²) in [5.74, 6) is 0.147. The molecule has 3 heterocycles. The molecule has 6 nitrogen and oxygen atoms in total. The molecule has 26 heavy (non-hydrogen) atoms. The Morgan fingerprint density at radius 2 is 2.04 bits per heavy atom. The predicted molar refractivity (Wildman–Crippen MR) is 101 cm³/mol. The number of aryl methyl sites for hydroxylation is 1. The van der Waals surface area contributed by atoms with Crippen molar-refractivity contribution in [3.05, 3.63) is 59.1 Å². The molecule has 0 amide bonds. The van der Waals surface area contributed by atoms with Gasteiger partial charge in [-0.05, 0) is 45.8 Å². The molecule has 0 bridgehead atoms. The van der Waals surface area contributed by atoms with Gasteiger partial charge in [0.1, 0.15) is 17.0 Å². The van der Waals surface area contributed by atoms with Gasteiger partial charge in [0.05, 0.1) is 17.8 Å². The number of aromatic nitrogens is 3. The Labute approximate surface area is 157 Å². The predicted octanol–water partition coefficient (Wildman–Crippen LogP) is 4.44. The number of hydrogen-bond acceptors (Lipinski definition) is 5. The van der Waals surface area contributed by atoms with Gasteiger partial charge in [0.2, 0.25) is 0 Å². The number of esters is 1. The highest BCUT2D eigenvalue weighted by Crippen LogP contribution is 2.39. The van der Waals surface area contributed by atoms with E-state index in [0.29, 0.717) is 5.76 Å². The zero-order chi connectivity index (χ0) is 18.3. The van der Waals surface area contributed by atoms with Crippen molar-refractivity contribution in [1.29, 1.82) is 0 Å². The summed E-state index contributed by atoms with van der Waals surface area (Å²) >= 11 is 3.63. The average molecular weight is 412 g/mol. The van der Waals surface area contributed by atoms with Crippen LogP contribution in [0.1, 0.15) is 10.5 Å². The molecular weight excluding hydrogens is 398 g/mol. The zero-order valence-electron chi connectivity index (χ0n) is 14.1. The number of furan rings is 1. The van der Waals surface area contributed by atoms with E-state index < -0.39 is 5.97 Å². The van der Waals surface area contributed by atoms with E-state index in [0.717, 1.165) is 32.1 Å². The van der Waals surface area contributed by atoms with Crippen LogP contribution in [0.5, 0.6) is 0 Å². The monoisotopic (exact) mass is 411 g/mol. The first-order valence-corrected chi connectivity index (χ1v) is 8.62. The molecule has 1 aromatic carbocycles. The van der Waals surface area contributed by atoms with Crippen LogP contribution in [0.25, 0.3) is 33.4 Å². The van der Waals surface area contributed by atoms with Crippen LogP contribution in [-0.2, 0) is 11.8 Å². The molecule has 0 spiro atoms. The highest BCUT2D eigenvalue weighted by molar-refractivity contribution is 9.10. The van der Waals surface area contributed by atoms with E-state index in [2.05, 4.69) is 26.0 Å². The summed E-state index contributed by atoms with van der Waals surface area (Å²) in [7, 11) is 3.21. The molecule has 4 rings (SSSR count). The highest BCUT2D eigenvalue weighted by Gasteiger charge is 2.17. The Bertz CT molecular complexity index is 1130. The van der Waals surface area contributed by atoms with Crippen molar-refractivity contribution >= 4 is 32.9 Å². The van der Waals surface area contributed by atoms with Gasteiger partial charge in [-0.2, -0.15) is 5.10 Å². The van der Waals surface area contributed by atoms with Crippen molar-refractivity contribution in [2.45, 2.75) is 0 Å². The third kappa shape index (κ3) is 2.80. The molecule has 130 valence electrons. The Kier molecular flexibility index (Phi) is 4.08. The van der Waals surface area contributed by atoms with Crippen molar-refractivity contribution < 1.29 is 13.9 Å². The first kappa shape index (κ1) is 16.5. The lowest BCUT2D eigenvalue weighted by Gasteiger charge is -2.01. The molecular formula is C19H14BrN3O3. The van der Waals surface area contributed by atoms with Crippen molar-refractivity contribution in [3.63, 3.8) is 0 Å². The number of fused-ring (bicyclic) bond motifs is 1. The van der Waals surface area contributed by atoms with E-state index in [1.165, 1.54) is 7.11 Å². The molecule has 3 aromatic heterocycles. The Morgan fingerprint density at radius 3 is 2.77 bits per heavy atom. The lowest BCUT2D eigenvalue weighted by atomic mass is 10.1. The molecule has 0 unspecified atom stereocenters. The molecule has 0 aliphatic rings. The minimum atomic E-state index is -0.488. The Morgan fingerprint density at radius 1 is 1.19 bits per heavy atom. The molecule has 0 fully saturated rings. The van der Waals surface area contributed by atoms with Gasteiger partial charge in [-0.1, -0.05) is 6.07 Å². The molecule has 0 saturated heterocycles. The third-order valence-corrected chi connectivity index (χ3v) is 4.87. The van der Waals surface area contributed by atoms with Gasteiger partial charge in [0, 0.05) is 36.0 Å². The topological polar surface area (TPSA) is 70.2 Å². The fourth-order valence-electron chi connectivity index (χ4n) is 2.79. The number of ether oxygens (including phenoxy) is 1. The number of benzene rings is 1. The number of nitrogens with zero attached hydrogens (tertiary/aromatic N) is 3. The largest absolute Gasteiger partial charge is 0.464 e. The van der Waals surface area contributed by atoms with Crippen LogP contribution >= 0.6 is 15.9 Å². The normalized spacial score (nSPS) is 11.0. The number of pyridine rings is 1. The fraction of sp³-hybridized carbons (Fsp3) is 0.105. The summed E-state index contributed by atoms with van der Waals surface area (Å²) in [4.78, 5) is 15.8. The minimum Gasteiger partial charge on any atom is -0.464 e. The van der Waals surface area contributed by atoms with Gasteiger partial charge in [0.15, 0.2) is 0 Å². The van der Waals surface area contributed by atoms with Gasteiger partial charge in [-0.3, -0.25) is 4.68 Å². The van der Waals surface area contributed by atoms with E-state index in [1.807, 2.05) is 37.6 Å². The second kappa shape index (κ2) is 6.42. The van der Waals surface area contributed by atoms with Crippen LogP contribution in [0, 0.1) is 0 Å². The summed E-state index contributed by atoms with van der Waals surface area (Å²) < 4.78 is 13.3. The van der Waals surface area contributed by atoms with E-state index in [9.17, 15) is 4.79 Å². The Hall–Kier alpha value is -2.93. The minimum absolute atomic E-state index is 0.230. The van der Waals surface area contributed by atoms with E-state index in [4.69, 9.17) is 9.15 Å². The van der Waals surface area contributed by atoms with Crippen LogP contribution in [0.2, 0.25) is 0 Å². The van der Waals surface area contributed by atoms with Gasteiger partial charge in [-0.15, -0.1) is 0 Å². The first-order chi connectivity index (χ1) is 12.6. The van der Waals surface area contributed by atoms with Gasteiger partial charge in [0.25, 0.3) is 0 Å². The van der Waals surface area contributed by atoms with Gasteiger partial charge >= 0.3 is 5.97 Å². The number of methoxy groups -OCH3 is 1. The van der Waals surface area contributed by atoms with Crippen LogP contribution in [0.4, 0.5) is 0 Å². The maximum Gasteiger partial charge on any atom is 0.356 e. The van der Waals surface area contributed by atoms with Gasteiger partial charge < -0.3 is 9.15 Å². The van der Waals surface area contributed by atoms with E-state index >= 15 is 0 Å². The smallest absolute Gasteiger partial charge is 0.356 e. The van der Waals surface area contributed by atoms with E-state index in [1.54, 1.807) is 23.0 Å². The second-order valence-corrected chi connectivity index (χ2v) is 6.57. The van der Waals surface area contributed by atoms with Crippen molar-refractivity contribution in [2.24, 2.45) is 7.05 Å². The molecule has 0 saturated carbocycles. The summed E-state index contributed by atoms with van der Waals surface area (Å²) in [6.07, 6.45) is 5.34.